The van der Waals surface area contributed by atoms with Crippen molar-refractivity contribution in [2.24, 2.45) is 0 Å². The minimum Gasteiger partial charge on any atom is -0.423 e. The summed E-state index contributed by atoms with van der Waals surface area (Å²) in [6.45, 7) is 2.20. The largest absolute Gasteiger partial charge is 0.489 e. The van der Waals surface area contributed by atoms with Crippen molar-refractivity contribution >= 4 is 23.4 Å². The van der Waals surface area contributed by atoms with Crippen molar-refractivity contribution in [3.8, 4) is 0 Å². The minimum atomic E-state index is -1.40. The summed E-state index contributed by atoms with van der Waals surface area (Å²) in [5.41, 5.74) is 1.88. The zero-order valence-electron chi connectivity index (χ0n) is 10.8. The lowest BCUT2D eigenvalue weighted by molar-refractivity contribution is 0.426. The van der Waals surface area contributed by atoms with Crippen molar-refractivity contribution in [2.45, 2.75) is 32.6 Å². The third-order valence-corrected chi connectivity index (χ3v) is 3.38. The van der Waals surface area contributed by atoms with Crippen molar-refractivity contribution in [3.63, 3.8) is 0 Å². The molecule has 18 heavy (non-hydrogen) atoms. The Bertz CT molecular complexity index is 523. The standard InChI is InChI=1S/C15H19BO2/c1-2-3-4-7-12-10-11-15(16(17)18)14-9-6-5-8-13(12)14/h5-6,8-11,17-18H,2-4,7H2,1H3. The molecule has 0 heterocycles. The molecule has 0 aromatic heterocycles. The molecular weight excluding hydrogens is 223 g/mol. The van der Waals surface area contributed by atoms with Crippen LogP contribution in [0.3, 0.4) is 0 Å². The van der Waals surface area contributed by atoms with Gasteiger partial charge in [-0.1, -0.05) is 56.2 Å². The third kappa shape index (κ3) is 2.74. The molecule has 0 fully saturated rings. The molecule has 0 aliphatic rings. The zero-order chi connectivity index (χ0) is 13.0. The van der Waals surface area contributed by atoms with E-state index in [1.54, 1.807) is 0 Å². The second-order valence-corrected chi connectivity index (χ2v) is 4.69. The molecule has 94 valence electrons. The van der Waals surface area contributed by atoms with E-state index in [4.69, 9.17) is 0 Å². The average Bonchev–Trinajstić information content (AvgIpc) is 2.38. The van der Waals surface area contributed by atoms with Crippen LogP contribution in [-0.4, -0.2) is 17.2 Å². The highest BCUT2D eigenvalue weighted by Gasteiger charge is 2.15. The van der Waals surface area contributed by atoms with Gasteiger partial charge in [0.1, 0.15) is 0 Å². The topological polar surface area (TPSA) is 40.5 Å². The lowest BCUT2D eigenvalue weighted by atomic mass is 9.76. The van der Waals surface area contributed by atoms with Crippen molar-refractivity contribution < 1.29 is 10.0 Å². The predicted octanol–water partition coefficient (Wildman–Crippen LogP) is 2.25. The van der Waals surface area contributed by atoms with Crippen LogP contribution in [0.2, 0.25) is 0 Å². The molecule has 2 aromatic rings. The first-order valence-electron chi connectivity index (χ1n) is 6.60. The number of unbranched alkanes of at least 4 members (excludes halogenated alkanes) is 2. The van der Waals surface area contributed by atoms with Gasteiger partial charge in [0.2, 0.25) is 0 Å². The van der Waals surface area contributed by atoms with Crippen LogP contribution in [0.4, 0.5) is 0 Å². The molecular formula is C15H19BO2. The summed E-state index contributed by atoms with van der Waals surface area (Å²) >= 11 is 0. The molecule has 0 aliphatic carbocycles. The lowest BCUT2D eigenvalue weighted by Gasteiger charge is -2.10. The molecule has 0 atom stereocenters. The van der Waals surface area contributed by atoms with E-state index in [-0.39, 0.29) is 0 Å². The minimum absolute atomic E-state index is 0.588. The Hall–Kier alpha value is -1.32. The van der Waals surface area contributed by atoms with Crippen LogP contribution in [0.1, 0.15) is 31.7 Å². The molecule has 2 aromatic carbocycles. The highest BCUT2D eigenvalue weighted by atomic mass is 16.4. The third-order valence-electron chi connectivity index (χ3n) is 3.38. The number of rotatable bonds is 5. The van der Waals surface area contributed by atoms with E-state index in [0.717, 1.165) is 17.2 Å². The van der Waals surface area contributed by atoms with Gasteiger partial charge in [0.05, 0.1) is 0 Å². The summed E-state index contributed by atoms with van der Waals surface area (Å²) in [7, 11) is -1.40. The van der Waals surface area contributed by atoms with E-state index in [0.29, 0.717) is 5.46 Å². The predicted molar refractivity (Wildman–Crippen MR) is 77.0 cm³/mol. The summed E-state index contributed by atoms with van der Waals surface area (Å²) in [6.07, 6.45) is 4.68. The highest BCUT2D eigenvalue weighted by molar-refractivity contribution is 6.62. The summed E-state index contributed by atoms with van der Waals surface area (Å²) in [5, 5.41) is 20.8. The van der Waals surface area contributed by atoms with Gasteiger partial charge in [0.15, 0.2) is 0 Å². The van der Waals surface area contributed by atoms with Gasteiger partial charge in [0.25, 0.3) is 0 Å². The van der Waals surface area contributed by atoms with Gasteiger partial charge >= 0.3 is 7.12 Å². The molecule has 2 N–H and O–H groups in total. The van der Waals surface area contributed by atoms with Gasteiger partial charge in [-0.15, -0.1) is 0 Å². The van der Waals surface area contributed by atoms with E-state index in [9.17, 15) is 10.0 Å². The van der Waals surface area contributed by atoms with Crippen LogP contribution < -0.4 is 5.46 Å². The second kappa shape index (κ2) is 6.03. The summed E-state index contributed by atoms with van der Waals surface area (Å²) in [6, 6.07) is 11.8. The van der Waals surface area contributed by atoms with Gasteiger partial charge in [-0.05, 0) is 34.6 Å². The maximum atomic E-state index is 9.38. The molecule has 2 nitrogen and oxygen atoms in total. The first kappa shape index (κ1) is 13.1. The Kier molecular flexibility index (Phi) is 4.40. The zero-order valence-corrected chi connectivity index (χ0v) is 10.8. The monoisotopic (exact) mass is 242 g/mol. The number of fused-ring (bicyclic) bond motifs is 1. The molecule has 0 amide bonds. The fraction of sp³-hybridized carbons (Fsp3) is 0.333. The van der Waals surface area contributed by atoms with Gasteiger partial charge in [-0.2, -0.15) is 0 Å². The number of benzene rings is 2. The highest BCUT2D eigenvalue weighted by Crippen LogP contribution is 2.19. The number of hydrogen-bond donors (Lipinski definition) is 2. The Morgan fingerprint density at radius 1 is 0.944 bits per heavy atom. The maximum absolute atomic E-state index is 9.38. The van der Waals surface area contributed by atoms with E-state index < -0.39 is 7.12 Å². The Morgan fingerprint density at radius 2 is 1.67 bits per heavy atom. The van der Waals surface area contributed by atoms with Crippen LogP contribution in [0.25, 0.3) is 10.8 Å². The Morgan fingerprint density at radius 3 is 2.33 bits per heavy atom. The Labute approximate surface area is 108 Å². The van der Waals surface area contributed by atoms with E-state index in [1.807, 2.05) is 30.3 Å². The van der Waals surface area contributed by atoms with Crippen molar-refractivity contribution in [1.29, 1.82) is 0 Å². The summed E-state index contributed by atoms with van der Waals surface area (Å²) < 4.78 is 0. The number of aryl methyl sites for hydroxylation is 1. The lowest BCUT2D eigenvalue weighted by Crippen LogP contribution is -2.30. The van der Waals surface area contributed by atoms with Crippen molar-refractivity contribution in [1.82, 2.24) is 0 Å². The number of hydrogen-bond acceptors (Lipinski definition) is 2. The van der Waals surface area contributed by atoms with Crippen molar-refractivity contribution in [3.05, 3.63) is 42.0 Å². The molecule has 2 rings (SSSR count). The molecule has 0 bridgehead atoms. The van der Waals surface area contributed by atoms with Gasteiger partial charge in [-0.25, -0.2) is 0 Å². The smallest absolute Gasteiger partial charge is 0.423 e. The molecule has 0 aliphatic heterocycles. The molecule has 0 saturated carbocycles. The Balaban J connectivity index is 2.41. The van der Waals surface area contributed by atoms with Gasteiger partial charge in [0, 0.05) is 0 Å². The van der Waals surface area contributed by atoms with Crippen molar-refractivity contribution in [2.75, 3.05) is 0 Å². The normalized spacial score (nSPS) is 10.8. The maximum Gasteiger partial charge on any atom is 0.489 e. The first-order chi connectivity index (χ1) is 8.74. The van der Waals surface area contributed by atoms with Crippen LogP contribution in [0.5, 0.6) is 0 Å². The van der Waals surface area contributed by atoms with E-state index in [2.05, 4.69) is 13.0 Å². The van der Waals surface area contributed by atoms with Gasteiger partial charge in [-0.3, -0.25) is 0 Å². The van der Waals surface area contributed by atoms with Crippen LogP contribution in [0, 0.1) is 0 Å². The van der Waals surface area contributed by atoms with Gasteiger partial charge < -0.3 is 10.0 Å². The summed E-state index contributed by atoms with van der Waals surface area (Å²) in [4.78, 5) is 0. The molecule has 0 saturated heterocycles. The quantitative estimate of drug-likeness (QED) is 0.623. The molecule has 3 heteroatoms. The fourth-order valence-corrected chi connectivity index (χ4v) is 2.39. The molecule has 0 spiro atoms. The second-order valence-electron chi connectivity index (χ2n) is 4.69. The molecule has 0 radical (unpaired) electrons. The molecule has 0 unspecified atom stereocenters. The van der Waals surface area contributed by atoms with Crippen LogP contribution in [-0.2, 0) is 6.42 Å². The summed E-state index contributed by atoms with van der Waals surface area (Å²) in [5.74, 6) is 0. The van der Waals surface area contributed by atoms with Crippen LogP contribution in [0.15, 0.2) is 36.4 Å². The first-order valence-corrected chi connectivity index (χ1v) is 6.60. The SMILES string of the molecule is CCCCCc1ccc(B(O)O)c2ccccc12. The average molecular weight is 242 g/mol. The van der Waals surface area contributed by atoms with Crippen LogP contribution >= 0.6 is 0 Å². The fourth-order valence-electron chi connectivity index (χ4n) is 2.39. The van der Waals surface area contributed by atoms with E-state index >= 15 is 0 Å². The van der Waals surface area contributed by atoms with E-state index in [1.165, 1.54) is 24.8 Å².